The number of carbonyl (C=O) groups is 1. The van der Waals surface area contributed by atoms with Crippen LogP contribution in [0.5, 0.6) is 0 Å². The second-order valence-corrected chi connectivity index (χ2v) is 1.45. The summed E-state index contributed by atoms with van der Waals surface area (Å²) in [6.45, 7) is 0.888. The second-order valence-electron chi connectivity index (χ2n) is 1.45. The van der Waals surface area contributed by atoms with Gasteiger partial charge in [0, 0.05) is 13.0 Å². The number of hydrogen-bond donors (Lipinski definition) is 1. The fraction of sp³-hybridized carbons (Fsp3) is 0.750. The third kappa shape index (κ3) is 9.91. The number of amides is 1. The van der Waals surface area contributed by atoms with E-state index >= 15 is 0 Å². The van der Waals surface area contributed by atoms with Gasteiger partial charge < -0.3 is 5.32 Å². The summed E-state index contributed by atoms with van der Waals surface area (Å²) in [5.41, 5.74) is 0. The molecule has 0 spiro atoms. The van der Waals surface area contributed by atoms with Crippen LogP contribution in [0.3, 0.4) is 0 Å². The van der Waals surface area contributed by atoms with Gasteiger partial charge in [-0.15, -0.1) is 24.8 Å². The topological polar surface area (TPSA) is 29.1 Å². The Kier molecular flexibility index (Phi) is 30.6. The van der Waals surface area contributed by atoms with Crippen LogP contribution >= 0.6 is 24.8 Å². The van der Waals surface area contributed by atoms with Crippen LogP contribution in [0.15, 0.2) is 0 Å². The van der Waals surface area contributed by atoms with Crippen molar-refractivity contribution in [1.29, 1.82) is 0 Å². The summed E-state index contributed by atoms with van der Waals surface area (Å²) in [4.78, 5) is 10.1. The molecule has 1 aliphatic rings. The molecule has 0 saturated carbocycles. The molecule has 1 fully saturated rings. The van der Waals surface area contributed by atoms with E-state index in [2.05, 4.69) is 5.32 Å². The average molecular weight is 208 g/mol. The van der Waals surface area contributed by atoms with Gasteiger partial charge in [0.2, 0.25) is 5.91 Å². The molecular weight excluding hydrogens is 196 g/mol. The molecule has 10 heavy (non-hydrogen) atoms. The van der Waals surface area contributed by atoms with Gasteiger partial charge >= 0.3 is 56.6 Å². The SMILES string of the molecule is Cl.Cl.O=C1CCCN1.[CaH2].[LiH]. The first-order valence-corrected chi connectivity index (χ1v) is 2.16. The van der Waals surface area contributed by atoms with Crippen LogP contribution in [-0.2, 0) is 4.79 Å². The summed E-state index contributed by atoms with van der Waals surface area (Å²) < 4.78 is 0. The number of halogens is 2. The Morgan fingerprint density at radius 2 is 1.80 bits per heavy atom. The third-order valence-electron chi connectivity index (χ3n) is 0.903. The molecule has 1 aliphatic heterocycles. The average Bonchev–Trinajstić information content (AvgIpc) is 1.86. The van der Waals surface area contributed by atoms with Gasteiger partial charge in [-0.25, -0.2) is 0 Å². The molecule has 0 radical (unpaired) electrons. The normalized spacial score (nSPS) is 12.6. The van der Waals surface area contributed by atoms with E-state index in [0.29, 0.717) is 0 Å². The maximum absolute atomic E-state index is 10.1. The molecule has 0 aliphatic carbocycles. The summed E-state index contributed by atoms with van der Waals surface area (Å²) in [5, 5.41) is 2.68. The van der Waals surface area contributed by atoms with E-state index in [4.69, 9.17) is 0 Å². The van der Waals surface area contributed by atoms with Gasteiger partial charge in [-0.2, -0.15) is 0 Å². The Labute approximate surface area is 115 Å². The van der Waals surface area contributed by atoms with E-state index in [1.807, 2.05) is 0 Å². The number of nitrogens with one attached hydrogen (secondary N) is 1. The fourth-order valence-corrected chi connectivity index (χ4v) is 0.565. The van der Waals surface area contributed by atoms with E-state index in [0.717, 1.165) is 19.4 Å². The van der Waals surface area contributed by atoms with Crippen LogP contribution in [0, 0.1) is 0 Å². The molecule has 0 aromatic carbocycles. The number of rotatable bonds is 0. The molecule has 1 saturated heterocycles. The van der Waals surface area contributed by atoms with Crippen molar-refractivity contribution in [2.75, 3.05) is 6.54 Å². The van der Waals surface area contributed by atoms with Crippen LogP contribution < -0.4 is 5.32 Å². The van der Waals surface area contributed by atoms with Gasteiger partial charge in [0.05, 0.1) is 0 Å². The van der Waals surface area contributed by atoms with Crippen molar-refractivity contribution in [1.82, 2.24) is 5.32 Å². The molecule has 1 rings (SSSR count). The molecule has 0 atom stereocenters. The second kappa shape index (κ2) is 13.5. The summed E-state index contributed by atoms with van der Waals surface area (Å²) in [6.07, 6.45) is 1.76. The van der Waals surface area contributed by atoms with Gasteiger partial charge in [0.15, 0.2) is 0 Å². The number of hydrogen-bond acceptors (Lipinski definition) is 1. The van der Waals surface area contributed by atoms with Gasteiger partial charge in [0.1, 0.15) is 0 Å². The first kappa shape index (κ1) is 22.7. The number of carbonyl (C=O) groups excluding carboxylic acids is 1. The van der Waals surface area contributed by atoms with Crippen LogP contribution in [0.25, 0.3) is 0 Å². The van der Waals surface area contributed by atoms with Crippen LogP contribution in [0.2, 0.25) is 0 Å². The summed E-state index contributed by atoms with van der Waals surface area (Å²) >= 11 is 0. The van der Waals surface area contributed by atoms with Crippen LogP contribution in [0.4, 0.5) is 0 Å². The van der Waals surface area contributed by atoms with E-state index in [1.54, 1.807) is 0 Å². The molecule has 6 heteroatoms. The van der Waals surface area contributed by atoms with Crippen LogP contribution in [0.1, 0.15) is 12.8 Å². The first-order valence-electron chi connectivity index (χ1n) is 2.16. The van der Waals surface area contributed by atoms with Crippen molar-refractivity contribution in [2.45, 2.75) is 12.8 Å². The molecule has 2 nitrogen and oxygen atoms in total. The molecule has 0 aromatic rings. The summed E-state index contributed by atoms with van der Waals surface area (Å²) in [5.74, 6) is 0.204. The minimum atomic E-state index is 0. The Balaban J connectivity index is -0.0000000450. The van der Waals surface area contributed by atoms with Gasteiger partial charge in [-0.3, -0.25) is 4.79 Å². The minimum absolute atomic E-state index is 0. The van der Waals surface area contributed by atoms with Crippen molar-refractivity contribution >= 4 is 87.3 Å². The van der Waals surface area contributed by atoms with E-state index < -0.39 is 0 Å². The van der Waals surface area contributed by atoms with E-state index in [-0.39, 0.29) is 87.3 Å². The predicted octanol–water partition coefficient (Wildman–Crippen LogP) is -0.825. The Morgan fingerprint density at radius 1 is 1.30 bits per heavy atom. The predicted molar refractivity (Wildman–Crippen MR) is 52.4 cm³/mol. The van der Waals surface area contributed by atoms with Gasteiger partial charge in [-0.1, -0.05) is 0 Å². The molecule has 1 amide bonds. The monoisotopic (exact) mass is 207 g/mol. The van der Waals surface area contributed by atoms with E-state index in [1.165, 1.54) is 0 Å². The zero-order valence-electron chi connectivity index (χ0n) is 4.35. The van der Waals surface area contributed by atoms with Gasteiger partial charge in [-0.05, 0) is 6.42 Å². The van der Waals surface area contributed by atoms with Crippen molar-refractivity contribution in [2.24, 2.45) is 0 Å². The molecular formula is C4H12CaCl2LiNO. The van der Waals surface area contributed by atoms with Crippen molar-refractivity contribution in [3.8, 4) is 0 Å². The molecule has 0 aromatic heterocycles. The van der Waals surface area contributed by atoms with E-state index in [9.17, 15) is 4.79 Å². The zero-order chi connectivity index (χ0) is 4.41. The quantitative estimate of drug-likeness (QED) is 0.517. The first-order chi connectivity index (χ1) is 2.89. The molecule has 1 heterocycles. The van der Waals surface area contributed by atoms with Crippen molar-refractivity contribution in [3.05, 3.63) is 0 Å². The molecule has 0 bridgehead atoms. The fourth-order valence-electron chi connectivity index (χ4n) is 0.565. The summed E-state index contributed by atoms with van der Waals surface area (Å²) in [6, 6.07) is 0. The Bertz CT molecular complexity index is 77.7. The standard InChI is InChI=1S/C4H7NO.Ca.2ClH.Li.3H/c6-4-2-1-3-5-4;;;;;;;/h1-3H2,(H,5,6);;2*1H;;;;. The Morgan fingerprint density at radius 3 is 1.90 bits per heavy atom. The molecule has 0 unspecified atom stereocenters. The van der Waals surface area contributed by atoms with Gasteiger partial charge in [0.25, 0.3) is 0 Å². The third-order valence-corrected chi connectivity index (χ3v) is 0.903. The molecule has 1 N–H and O–H groups in total. The van der Waals surface area contributed by atoms with Crippen molar-refractivity contribution < 1.29 is 4.79 Å². The van der Waals surface area contributed by atoms with Crippen LogP contribution in [-0.4, -0.2) is 69.1 Å². The zero-order valence-corrected chi connectivity index (χ0v) is 5.98. The maximum atomic E-state index is 10.1. The summed E-state index contributed by atoms with van der Waals surface area (Å²) in [7, 11) is 0. The molecule has 56 valence electrons. The Hall–Kier alpha value is 1.91. The van der Waals surface area contributed by atoms with Crippen molar-refractivity contribution in [3.63, 3.8) is 0 Å².